The number of hydrogen-bond donors (Lipinski definition) is 0. The normalized spacial score (nSPS) is 12.6. The zero-order valence-electron chi connectivity index (χ0n) is 14.3. The van der Waals surface area contributed by atoms with E-state index in [-0.39, 0.29) is 10.8 Å². The topological polar surface area (TPSA) is 9.23 Å². The molecule has 0 bridgehead atoms. The van der Waals surface area contributed by atoms with Gasteiger partial charge in [0, 0.05) is 5.56 Å². The van der Waals surface area contributed by atoms with E-state index in [4.69, 9.17) is 4.74 Å². The van der Waals surface area contributed by atoms with Crippen LogP contribution in [-0.2, 0) is 10.8 Å². The van der Waals surface area contributed by atoms with Crippen molar-refractivity contribution in [3.8, 4) is 5.75 Å². The molecule has 0 amide bonds. The van der Waals surface area contributed by atoms with E-state index in [1.54, 1.807) is 0 Å². The van der Waals surface area contributed by atoms with Crippen LogP contribution in [0.1, 0.15) is 78.9 Å². The van der Waals surface area contributed by atoms with Gasteiger partial charge in [0.15, 0.2) is 0 Å². The van der Waals surface area contributed by atoms with E-state index in [1.165, 1.54) is 11.1 Å². The quantitative estimate of drug-likeness (QED) is 0.592. The molecule has 1 rings (SSSR count). The van der Waals surface area contributed by atoms with Crippen LogP contribution in [0.4, 0.5) is 0 Å². The minimum absolute atomic E-state index is 0.125. The maximum absolute atomic E-state index is 5.93. The lowest BCUT2D eigenvalue weighted by molar-refractivity contribution is 0.368. The van der Waals surface area contributed by atoms with Gasteiger partial charge in [-0.05, 0) is 41.7 Å². The number of rotatable bonds is 7. The van der Waals surface area contributed by atoms with Crippen molar-refractivity contribution < 1.29 is 4.74 Å². The van der Waals surface area contributed by atoms with Crippen LogP contribution in [0.25, 0.3) is 0 Å². The zero-order chi connectivity index (χ0) is 15.4. The minimum Gasteiger partial charge on any atom is -0.486 e. The summed E-state index contributed by atoms with van der Waals surface area (Å²) >= 11 is 0. The van der Waals surface area contributed by atoms with Gasteiger partial charge in [0.25, 0.3) is 0 Å². The van der Waals surface area contributed by atoms with E-state index in [1.807, 2.05) is 6.61 Å². The Labute approximate surface area is 125 Å². The molecule has 0 spiro atoms. The Kier molecular flexibility index (Phi) is 5.68. The fourth-order valence-corrected chi connectivity index (χ4v) is 2.43. The van der Waals surface area contributed by atoms with E-state index < -0.39 is 0 Å². The van der Waals surface area contributed by atoms with Crippen LogP contribution in [0.5, 0.6) is 5.75 Å². The predicted octanol–water partition coefficient (Wildman–Crippen LogP) is 6.01. The molecule has 0 saturated heterocycles. The van der Waals surface area contributed by atoms with Gasteiger partial charge >= 0.3 is 0 Å². The standard InChI is InChI=1S/C19H31O/c1-8-14-20-16-13-11-12-15(18(4,5)9-2)17(16)19(6,7)10-3/h11-14H,8-10H2,1-7H3. The second-order valence-corrected chi connectivity index (χ2v) is 6.85. The summed E-state index contributed by atoms with van der Waals surface area (Å²) in [6, 6.07) is 6.50. The third kappa shape index (κ3) is 3.56. The molecule has 1 aromatic rings. The Hall–Kier alpha value is -0.980. The van der Waals surface area contributed by atoms with E-state index >= 15 is 0 Å². The van der Waals surface area contributed by atoms with Crippen LogP contribution in [0.3, 0.4) is 0 Å². The molecule has 0 aromatic heterocycles. The van der Waals surface area contributed by atoms with Gasteiger partial charge in [0.05, 0.1) is 0 Å². The fourth-order valence-electron chi connectivity index (χ4n) is 2.43. The highest BCUT2D eigenvalue weighted by molar-refractivity contribution is 5.48. The summed E-state index contributed by atoms with van der Waals surface area (Å²) in [5.74, 6) is 1.03. The van der Waals surface area contributed by atoms with Crippen LogP contribution < -0.4 is 4.74 Å². The molecule has 113 valence electrons. The van der Waals surface area contributed by atoms with Crippen LogP contribution in [0.2, 0.25) is 0 Å². The first kappa shape index (κ1) is 17.1. The highest BCUT2D eigenvalue weighted by atomic mass is 16.5. The molecular weight excluding hydrogens is 244 g/mol. The third-order valence-electron chi connectivity index (χ3n) is 4.58. The van der Waals surface area contributed by atoms with Crippen molar-refractivity contribution in [2.24, 2.45) is 0 Å². The van der Waals surface area contributed by atoms with Crippen LogP contribution in [0.15, 0.2) is 18.2 Å². The molecule has 1 radical (unpaired) electrons. The Bertz CT molecular complexity index is 429. The Morgan fingerprint density at radius 2 is 1.55 bits per heavy atom. The molecule has 0 aliphatic rings. The molecule has 0 atom stereocenters. The van der Waals surface area contributed by atoms with E-state index in [0.717, 1.165) is 25.0 Å². The van der Waals surface area contributed by atoms with Crippen molar-refractivity contribution in [1.82, 2.24) is 0 Å². The molecule has 0 aliphatic heterocycles. The average molecular weight is 275 g/mol. The summed E-state index contributed by atoms with van der Waals surface area (Å²) in [7, 11) is 0. The summed E-state index contributed by atoms with van der Waals surface area (Å²) in [5.41, 5.74) is 3.10. The van der Waals surface area contributed by atoms with Gasteiger partial charge in [-0.1, -0.05) is 60.6 Å². The van der Waals surface area contributed by atoms with Crippen molar-refractivity contribution in [2.45, 2.75) is 78.6 Å². The molecule has 0 unspecified atom stereocenters. The highest BCUT2D eigenvalue weighted by Gasteiger charge is 2.31. The third-order valence-corrected chi connectivity index (χ3v) is 4.58. The molecule has 0 N–H and O–H groups in total. The lowest BCUT2D eigenvalue weighted by Gasteiger charge is -2.35. The van der Waals surface area contributed by atoms with Crippen LogP contribution >= 0.6 is 0 Å². The Balaban J connectivity index is 3.44. The molecule has 1 nitrogen and oxygen atoms in total. The highest BCUT2D eigenvalue weighted by Crippen LogP contribution is 2.42. The van der Waals surface area contributed by atoms with Crippen molar-refractivity contribution >= 4 is 0 Å². The Morgan fingerprint density at radius 3 is 2.05 bits per heavy atom. The zero-order valence-corrected chi connectivity index (χ0v) is 14.3. The lowest BCUT2D eigenvalue weighted by Crippen LogP contribution is -2.26. The minimum atomic E-state index is 0.125. The van der Waals surface area contributed by atoms with E-state index in [2.05, 4.69) is 66.7 Å². The number of ether oxygens (including phenoxy) is 1. The molecule has 20 heavy (non-hydrogen) atoms. The summed E-state index contributed by atoms with van der Waals surface area (Å²) in [6.45, 7) is 17.8. The second-order valence-electron chi connectivity index (χ2n) is 6.85. The van der Waals surface area contributed by atoms with Gasteiger partial charge in [-0.25, -0.2) is 0 Å². The number of benzene rings is 1. The first-order valence-electron chi connectivity index (χ1n) is 7.92. The van der Waals surface area contributed by atoms with Crippen molar-refractivity contribution in [1.29, 1.82) is 0 Å². The summed E-state index contributed by atoms with van der Waals surface area (Å²) < 4.78 is 5.93. The lowest BCUT2D eigenvalue weighted by atomic mass is 9.71. The molecule has 0 saturated carbocycles. The van der Waals surface area contributed by atoms with Crippen molar-refractivity contribution in [2.75, 3.05) is 0 Å². The largest absolute Gasteiger partial charge is 0.486 e. The summed E-state index contributed by atoms with van der Waals surface area (Å²) in [6.07, 6.45) is 3.15. The van der Waals surface area contributed by atoms with Gasteiger partial charge in [0.2, 0.25) is 0 Å². The second kappa shape index (κ2) is 6.65. The fraction of sp³-hybridized carbons (Fsp3) is 0.632. The first-order valence-corrected chi connectivity index (χ1v) is 7.92. The predicted molar refractivity (Wildman–Crippen MR) is 88.3 cm³/mol. The van der Waals surface area contributed by atoms with Crippen LogP contribution in [0, 0.1) is 6.61 Å². The average Bonchev–Trinajstić information content (AvgIpc) is 2.44. The summed E-state index contributed by atoms with van der Waals surface area (Å²) in [5, 5.41) is 0. The van der Waals surface area contributed by atoms with E-state index in [0.29, 0.717) is 0 Å². The van der Waals surface area contributed by atoms with Gasteiger partial charge in [0.1, 0.15) is 12.4 Å². The molecular formula is C19H31O. The van der Waals surface area contributed by atoms with E-state index in [9.17, 15) is 0 Å². The smallest absolute Gasteiger partial charge is 0.135 e. The molecule has 1 aromatic carbocycles. The van der Waals surface area contributed by atoms with Crippen molar-refractivity contribution in [3.05, 3.63) is 35.9 Å². The van der Waals surface area contributed by atoms with Crippen molar-refractivity contribution in [3.63, 3.8) is 0 Å². The van der Waals surface area contributed by atoms with Gasteiger partial charge in [-0.15, -0.1) is 0 Å². The molecule has 0 heterocycles. The van der Waals surface area contributed by atoms with Crippen LogP contribution in [-0.4, -0.2) is 0 Å². The molecule has 1 heteroatoms. The first-order chi connectivity index (χ1) is 9.30. The Morgan fingerprint density at radius 1 is 0.950 bits per heavy atom. The number of hydrogen-bond acceptors (Lipinski definition) is 1. The summed E-state index contributed by atoms with van der Waals surface area (Å²) in [4.78, 5) is 0. The monoisotopic (exact) mass is 275 g/mol. The maximum atomic E-state index is 5.93. The molecule has 0 fully saturated rings. The van der Waals surface area contributed by atoms with Gasteiger partial charge < -0.3 is 4.74 Å². The van der Waals surface area contributed by atoms with Gasteiger partial charge in [-0.3, -0.25) is 0 Å². The van der Waals surface area contributed by atoms with Gasteiger partial charge in [-0.2, -0.15) is 0 Å². The maximum Gasteiger partial charge on any atom is 0.135 e. The molecule has 0 aliphatic carbocycles. The SMILES string of the molecule is CC[CH]Oc1cccc(C(C)(C)CC)c1C(C)(C)CC.